The maximum Gasteiger partial charge on any atom is 0.251 e. The van der Waals surface area contributed by atoms with E-state index in [0.717, 1.165) is 10.5 Å². The van der Waals surface area contributed by atoms with Crippen molar-refractivity contribution in [2.45, 2.75) is 23.6 Å². The van der Waals surface area contributed by atoms with E-state index in [1.165, 1.54) is 17.8 Å². The van der Waals surface area contributed by atoms with Crippen molar-refractivity contribution in [3.8, 4) is 0 Å². The fourth-order valence-corrected chi connectivity index (χ4v) is 2.40. The molecule has 1 aromatic carbocycles. The molecule has 2 aromatic rings. The quantitative estimate of drug-likeness (QED) is 0.812. The molecule has 0 bridgehead atoms. The van der Waals surface area contributed by atoms with Crippen LogP contribution in [0.15, 0.2) is 45.2 Å². The molecule has 0 spiro atoms. The number of aliphatic hydroxyl groups excluding tert-OH is 1. The zero-order valence-corrected chi connectivity index (χ0v) is 10.1. The Kier molecular flexibility index (Phi) is 3.61. The normalized spacial score (nSPS) is 10.5. The molecular formula is C12H12N2O2S. The summed E-state index contributed by atoms with van der Waals surface area (Å²) in [5.41, 5.74) is 1.33. The summed E-state index contributed by atoms with van der Waals surface area (Å²) in [6, 6.07) is 8.92. The van der Waals surface area contributed by atoms with Gasteiger partial charge in [0.15, 0.2) is 5.16 Å². The third-order valence-electron chi connectivity index (χ3n) is 2.20. The van der Waals surface area contributed by atoms with Crippen LogP contribution in [-0.4, -0.2) is 15.1 Å². The van der Waals surface area contributed by atoms with E-state index in [4.69, 9.17) is 0 Å². The van der Waals surface area contributed by atoms with Gasteiger partial charge in [-0.25, -0.2) is 4.98 Å². The van der Waals surface area contributed by atoms with Gasteiger partial charge in [0.05, 0.1) is 6.61 Å². The van der Waals surface area contributed by atoms with Gasteiger partial charge in [0.1, 0.15) is 0 Å². The first-order chi connectivity index (χ1) is 8.19. The fourth-order valence-electron chi connectivity index (χ4n) is 1.44. The van der Waals surface area contributed by atoms with Crippen molar-refractivity contribution in [1.82, 2.24) is 9.97 Å². The Morgan fingerprint density at radius 1 is 1.41 bits per heavy atom. The number of H-pyrrole nitrogens is 1. The monoisotopic (exact) mass is 248 g/mol. The van der Waals surface area contributed by atoms with E-state index in [2.05, 4.69) is 9.97 Å². The van der Waals surface area contributed by atoms with E-state index in [1.54, 1.807) is 6.92 Å². The Morgan fingerprint density at radius 2 is 2.18 bits per heavy atom. The Bertz CT molecular complexity index is 581. The summed E-state index contributed by atoms with van der Waals surface area (Å²) in [4.78, 5) is 19.1. The second-order valence-corrected chi connectivity index (χ2v) is 4.59. The predicted molar refractivity (Wildman–Crippen MR) is 66.1 cm³/mol. The lowest BCUT2D eigenvalue weighted by Gasteiger charge is -2.05. The first kappa shape index (κ1) is 11.9. The van der Waals surface area contributed by atoms with Crippen LogP contribution in [0.3, 0.4) is 0 Å². The van der Waals surface area contributed by atoms with Crippen molar-refractivity contribution in [2.75, 3.05) is 0 Å². The molecule has 2 N–H and O–H groups in total. The maximum atomic E-state index is 11.3. The van der Waals surface area contributed by atoms with Gasteiger partial charge < -0.3 is 10.1 Å². The molecule has 5 heteroatoms. The molecule has 17 heavy (non-hydrogen) atoms. The van der Waals surface area contributed by atoms with Crippen LogP contribution in [0.1, 0.15) is 11.3 Å². The van der Waals surface area contributed by atoms with Gasteiger partial charge in [-0.2, -0.15) is 0 Å². The number of nitrogens with one attached hydrogen (secondary N) is 1. The van der Waals surface area contributed by atoms with Crippen molar-refractivity contribution < 1.29 is 5.11 Å². The Labute approximate surface area is 103 Å². The maximum absolute atomic E-state index is 11.3. The molecule has 2 rings (SSSR count). The molecule has 4 nitrogen and oxygen atoms in total. The molecule has 1 heterocycles. The highest BCUT2D eigenvalue weighted by Gasteiger charge is 2.05. The molecule has 0 saturated heterocycles. The summed E-state index contributed by atoms with van der Waals surface area (Å²) in [7, 11) is 0. The summed E-state index contributed by atoms with van der Waals surface area (Å²) >= 11 is 1.34. The van der Waals surface area contributed by atoms with E-state index >= 15 is 0 Å². The Morgan fingerprint density at radius 3 is 2.88 bits per heavy atom. The molecule has 0 aliphatic carbocycles. The minimum atomic E-state index is -0.165. The molecule has 1 aromatic heterocycles. The lowest BCUT2D eigenvalue weighted by molar-refractivity contribution is 0.279. The van der Waals surface area contributed by atoms with E-state index in [9.17, 15) is 9.90 Å². The van der Waals surface area contributed by atoms with E-state index in [1.807, 2.05) is 24.3 Å². The number of aliphatic hydroxyl groups is 1. The molecule has 0 aliphatic rings. The van der Waals surface area contributed by atoms with Crippen molar-refractivity contribution in [1.29, 1.82) is 0 Å². The molecule has 0 fully saturated rings. The number of aryl methyl sites for hydroxylation is 1. The van der Waals surface area contributed by atoms with Crippen LogP contribution < -0.4 is 5.56 Å². The van der Waals surface area contributed by atoms with E-state index < -0.39 is 0 Å². The Hall–Kier alpha value is -1.59. The van der Waals surface area contributed by atoms with Crippen molar-refractivity contribution >= 4 is 11.8 Å². The lowest BCUT2D eigenvalue weighted by atomic mass is 10.2. The van der Waals surface area contributed by atoms with Gasteiger partial charge in [-0.3, -0.25) is 4.79 Å². The van der Waals surface area contributed by atoms with Crippen molar-refractivity contribution in [2.24, 2.45) is 0 Å². The van der Waals surface area contributed by atoms with Crippen molar-refractivity contribution in [3.05, 3.63) is 51.9 Å². The number of aromatic nitrogens is 2. The van der Waals surface area contributed by atoms with Gasteiger partial charge in [0, 0.05) is 16.7 Å². The molecule has 0 unspecified atom stereocenters. The van der Waals surface area contributed by atoms with Gasteiger partial charge in [-0.1, -0.05) is 30.0 Å². The van der Waals surface area contributed by atoms with Gasteiger partial charge in [-0.05, 0) is 18.6 Å². The number of rotatable bonds is 3. The summed E-state index contributed by atoms with van der Waals surface area (Å²) in [6.07, 6.45) is 0. The van der Waals surface area contributed by atoms with Crippen LogP contribution in [-0.2, 0) is 6.61 Å². The van der Waals surface area contributed by atoms with Gasteiger partial charge in [-0.15, -0.1) is 0 Å². The van der Waals surface area contributed by atoms with Gasteiger partial charge >= 0.3 is 0 Å². The summed E-state index contributed by atoms with van der Waals surface area (Å²) < 4.78 is 0. The molecular weight excluding hydrogens is 236 g/mol. The average molecular weight is 248 g/mol. The lowest BCUT2D eigenvalue weighted by Crippen LogP contribution is -2.08. The number of nitrogens with zero attached hydrogens (tertiary/aromatic N) is 1. The molecule has 88 valence electrons. The third-order valence-corrected chi connectivity index (χ3v) is 3.20. The summed E-state index contributed by atoms with van der Waals surface area (Å²) in [6.45, 7) is 1.75. The minimum Gasteiger partial charge on any atom is -0.392 e. The molecule has 0 aliphatic heterocycles. The average Bonchev–Trinajstić information content (AvgIpc) is 2.28. The molecule has 0 radical (unpaired) electrons. The third kappa shape index (κ3) is 2.95. The van der Waals surface area contributed by atoms with Crippen LogP contribution in [0.25, 0.3) is 0 Å². The molecule has 0 saturated carbocycles. The predicted octanol–water partition coefficient (Wildman–Crippen LogP) is 1.72. The van der Waals surface area contributed by atoms with E-state index in [-0.39, 0.29) is 12.2 Å². The van der Waals surface area contributed by atoms with Gasteiger partial charge in [0.2, 0.25) is 0 Å². The van der Waals surface area contributed by atoms with Crippen LogP contribution in [0.5, 0.6) is 0 Å². The SMILES string of the molecule is Cc1cc(=O)[nH]c(Sc2ccccc2CO)n1. The Balaban J connectivity index is 2.34. The first-order valence-corrected chi connectivity index (χ1v) is 5.95. The smallest absolute Gasteiger partial charge is 0.251 e. The number of hydrogen-bond acceptors (Lipinski definition) is 4. The number of hydrogen-bond donors (Lipinski definition) is 2. The topological polar surface area (TPSA) is 66.0 Å². The largest absolute Gasteiger partial charge is 0.392 e. The van der Waals surface area contributed by atoms with Crippen molar-refractivity contribution in [3.63, 3.8) is 0 Å². The fraction of sp³-hybridized carbons (Fsp3) is 0.167. The highest BCUT2D eigenvalue weighted by atomic mass is 32.2. The van der Waals surface area contributed by atoms with Gasteiger partial charge in [0.25, 0.3) is 5.56 Å². The standard InChI is InChI=1S/C12H12N2O2S/c1-8-6-11(16)14-12(13-8)17-10-5-3-2-4-9(10)7-15/h2-6,15H,7H2,1H3,(H,13,14,16). The zero-order valence-electron chi connectivity index (χ0n) is 9.30. The van der Waals surface area contributed by atoms with Crippen LogP contribution in [0, 0.1) is 6.92 Å². The van der Waals surface area contributed by atoms with Crippen LogP contribution >= 0.6 is 11.8 Å². The van der Waals surface area contributed by atoms with Crippen LogP contribution in [0.2, 0.25) is 0 Å². The van der Waals surface area contributed by atoms with E-state index in [0.29, 0.717) is 10.9 Å². The molecule has 0 amide bonds. The summed E-state index contributed by atoms with van der Waals surface area (Å²) in [5, 5.41) is 9.74. The highest BCUT2D eigenvalue weighted by molar-refractivity contribution is 7.99. The molecule has 0 atom stereocenters. The van der Waals surface area contributed by atoms with Crippen LogP contribution in [0.4, 0.5) is 0 Å². The first-order valence-electron chi connectivity index (χ1n) is 5.13. The summed E-state index contributed by atoms with van der Waals surface area (Å²) in [5.74, 6) is 0. The second-order valence-electron chi connectivity index (χ2n) is 3.56. The zero-order chi connectivity index (χ0) is 12.3. The second kappa shape index (κ2) is 5.16. The number of benzene rings is 1. The highest BCUT2D eigenvalue weighted by Crippen LogP contribution is 2.27. The minimum absolute atomic E-state index is 0.0286. The number of aromatic amines is 1.